The predicted molar refractivity (Wildman–Crippen MR) is 78.1 cm³/mol. The van der Waals surface area contributed by atoms with Crippen molar-refractivity contribution in [1.82, 2.24) is 4.98 Å². The number of amides is 1. The number of pyridine rings is 1. The summed E-state index contributed by atoms with van der Waals surface area (Å²) in [5.74, 6) is 1.30. The van der Waals surface area contributed by atoms with E-state index in [4.69, 9.17) is 9.47 Å². The van der Waals surface area contributed by atoms with Gasteiger partial charge in [0, 0.05) is 6.20 Å². The number of nitrogens with zero attached hydrogens (tertiary/aromatic N) is 2. The van der Waals surface area contributed by atoms with Gasteiger partial charge in [0.15, 0.2) is 11.6 Å². The van der Waals surface area contributed by atoms with Crippen LogP contribution in [-0.2, 0) is 0 Å². The zero-order valence-corrected chi connectivity index (χ0v) is 11.1. The average Bonchev–Trinajstić information content (AvgIpc) is 2.54. The average molecular weight is 280 g/mol. The van der Waals surface area contributed by atoms with Crippen LogP contribution in [0.1, 0.15) is 0 Å². The highest BCUT2D eigenvalue weighted by Crippen LogP contribution is 2.33. The summed E-state index contributed by atoms with van der Waals surface area (Å²) in [7, 11) is 0. The van der Waals surface area contributed by atoms with Gasteiger partial charge in [-0.25, -0.2) is 14.7 Å². The topological polar surface area (TPSA) is 51.7 Å². The molecule has 0 spiro atoms. The Morgan fingerprint density at radius 1 is 1.24 bits per heavy atom. The van der Waals surface area contributed by atoms with Gasteiger partial charge in [0.25, 0.3) is 0 Å². The molecule has 1 amide bonds. The molecule has 5 nitrogen and oxygen atoms in total. The van der Waals surface area contributed by atoms with E-state index in [-0.39, 0.29) is 0 Å². The first-order valence-corrected chi connectivity index (χ1v) is 6.31. The summed E-state index contributed by atoms with van der Waals surface area (Å²) in [5.41, 5.74) is 0.460. The molecule has 0 atom stereocenters. The van der Waals surface area contributed by atoms with Crippen molar-refractivity contribution in [2.45, 2.75) is 0 Å². The number of anilines is 1. The largest absolute Gasteiger partial charge is 0.459 e. The number of ether oxygens (including phenoxy) is 2. The maximum Gasteiger partial charge on any atom is 0.425 e. The number of para-hydroxylation sites is 1. The van der Waals surface area contributed by atoms with Crippen molar-refractivity contribution >= 4 is 11.9 Å². The minimum atomic E-state index is -0.574. The fourth-order valence-electron chi connectivity index (χ4n) is 1.91. The standard InChI is InChI=1S/C16H12N2O3/c1-2-12-11-20-14-9-6-10-17-15(14)18(12)16(19)21-13-7-4-3-5-8-13/h2-11H,1H2. The van der Waals surface area contributed by atoms with Crippen molar-refractivity contribution in [3.05, 3.63) is 73.3 Å². The summed E-state index contributed by atoms with van der Waals surface area (Å²) in [6.45, 7) is 3.67. The first-order chi connectivity index (χ1) is 10.3. The molecule has 0 unspecified atom stereocenters. The summed E-state index contributed by atoms with van der Waals surface area (Å²) < 4.78 is 10.8. The van der Waals surface area contributed by atoms with Crippen molar-refractivity contribution in [2.24, 2.45) is 0 Å². The fraction of sp³-hybridized carbons (Fsp3) is 0. The van der Waals surface area contributed by atoms with E-state index in [1.54, 1.807) is 42.6 Å². The summed E-state index contributed by atoms with van der Waals surface area (Å²) in [5, 5.41) is 0. The molecule has 1 aromatic heterocycles. The number of fused-ring (bicyclic) bond motifs is 1. The molecule has 0 saturated heterocycles. The molecule has 1 aliphatic rings. The molecular weight excluding hydrogens is 268 g/mol. The number of benzene rings is 1. The second-order valence-electron chi connectivity index (χ2n) is 4.21. The Kier molecular flexibility index (Phi) is 3.39. The molecular formula is C16H12N2O3. The Morgan fingerprint density at radius 3 is 2.81 bits per heavy atom. The first-order valence-electron chi connectivity index (χ1n) is 6.31. The smallest absolute Gasteiger partial charge is 0.425 e. The van der Waals surface area contributed by atoms with Crippen LogP contribution in [0.4, 0.5) is 10.6 Å². The van der Waals surface area contributed by atoms with E-state index in [0.29, 0.717) is 23.0 Å². The quantitative estimate of drug-likeness (QED) is 0.844. The Hall–Kier alpha value is -3.08. The van der Waals surface area contributed by atoms with Crippen LogP contribution in [0.5, 0.6) is 11.5 Å². The Bertz CT molecular complexity index is 710. The summed E-state index contributed by atoms with van der Waals surface area (Å²) in [4.78, 5) is 17.9. The molecule has 104 valence electrons. The minimum Gasteiger partial charge on any atom is -0.459 e. The van der Waals surface area contributed by atoms with E-state index in [9.17, 15) is 4.79 Å². The predicted octanol–water partition coefficient (Wildman–Crippen LogP) is 3.51. The Balaban J connectivity index is 1.94. The third-order valence-corrected chi connectivity index (χ3v) is 2.87. The summed E-state index contributed by atoms with van der Waals surface area (Å²) >= 11 is 0. The lowest BCUT2D eigenvalue weighted by atomic mass is 10.3. The molecule has 0 saturated carbocycles. The lowest BCUT2D eigenvalue weighted by Crippen LogP contribution is -2.35. The van der Waals surface area contributed by atoms with Gasteiger partial charge in [-0.2, -0.15) is 0 Å². The lowest BCUT2D eigenvalue weighted by Gasteiger charge is -2.26. The fourth-order valence-corrected chi connectivity index (χ4v) is 1.91. The van der Waals surface area contributed by atoms with Gasteiger partial charge in [0.1, 0.15) is 12.0 Å². The number of carbonyl (C=O) groups excluding carboxylic acids is 1. The lowest BCUT2D eigenvalue weighted by molar-refractivity contribution is 0.208. The van der Waals surface area contributed by atoms with E-state index in [1.165, 1.54) is 17.2 Å². The highest BCUT2D eigenvalue weighted by atomic mass is 16.6. The molecule has 0 bridgehead atoms. The van der Waals surface area contributed by atoms with Crippen LogP contribution < -0.4 is 14.4 Å². The second kappa shape index (κ2) is 5.50. The van der Waals surface area contributed by atoms with Crippen molar-refractivity contribution in [3.63, 3.8) is 0 Å². The van der Waals surface area contributed by atoms with Crippen molar-refractivity contribution in [2.75, 3.05) is 4.90 Å². The monoisotopic (exact) mass is 280 g/mol. The zero-order valence-electron chi connectivity index (χ0n) is 11.1. The van der Waals surface area contributed by atoms with Crippen LogP contribution in [-0.4, -0.2) is 11.1 Å². The molecule has 0 N–H and O–H groups in total. The van der Waals surface area contributed by atoms with Crippen LogP contribution in [0.2, 0.25) is 0 Å². The molecule has 1 aliphatic heterocycles. The van der Waals surface area contributed by atoms with E-state index in [1.807, 2.05) is 6.07 Å². The van der Waals surface area contributed by atoms with Crippen molar-refractivity contribution in [3.8, 4) is 11.5 Å². The van der Waals surface area contributed by atoms with Crippen LogP contribution in [0.3, 0.4) is 0 Å². The normalized spacial score (nSPS) is 12.8. The van der Waals surface area contributed by atoms with Gasteiger partial charge in [-0.15, -0.1) is 0 Å². The number of hydrogen-bond acceptors (Lipinski definition) is 4. The van der Waals surface area contributed by atoms with Gasteiger partial charge in [-0.1, -0.05) is 24.8 Å². The molecule has 3 rings (SSSR count). The van der Waals surface area contributed by atoms with E-state index >= 15 is 0 Å². The number of carbonyl (C=O) groups is 1. The molecule has 21 heavy (non-hydrogen) atoms. The molecule has 2 heterocycles. The number of aromatic nitrogens is 1. The van der Waals surface area contributed by atoms with Gasteiger partial charge in [0.2, 0.25) is 0 Å². The van der Waals surface area contributed by atoms with E-state index in [2.05, 4.69) is 11.6 Å². The second-order valence-corrected chi connectivity index (χ2v) is 4.21. The third-order valence-electron chi connectivity index (χ3n) is 2.87. The molecule has 5 heteroatoms. The maximum atomic E-state index is 12.4. The minimum absolute atomic E-state index is 0.371. The van der Waals surface area contributed by atoms with Gasteiger partial charge in [0.05, 0.1) is 5.70 Å². The summed E-state index contributed by atoms with van der Waals surface area (Å²) in [6.07, 6.45) is 3.94. The summed E-state index contributed by atoms with van der Waals surface area (Å²) in [6, 6.07) is 12.3. The number of hydrogen-bond donors (Lipinski definition) is 0. The maximum absolute atomic E-state index is 12.4. The van der Waals surface area contributed by atoms with E-state index < -0.39 is 6.09 Å². The highest BCUT2D eigenvalue weighted by molar-refractivity contribution is 5.94. The van der Waals surface area contributed by atoms with Gasteiger partial charge in [-0.05, 0) is 30.3 Å². The Morgan fingerprint density at radius 2 is 2.05 bits per heavy atom. The van der Waals surface area contributed by atoms with Crippen molar-refractivity contribution < 1.29 is 14.3 Å². The zero-order chi connectivity index (χ0) is 14.7. The van der Waals surface area contributed by atoms with Gasteiger partial charge >= 0.3 is 6.09 Å². The van der Waals surface area contributed by atoms with Gasteiger partial charge < -0.3 is 9.47 Å². The number of rotatable bonds is 2. The van der Waals surface area contributed by atoms with Crippen LogP contribution in [0, 0.1) is 0 Å². The van der Waals surface area contributed by atoms with Gasteiger partial charge in [-0.3, -0.25) is 0 Å². The number of allylic oxidation sites excluding steroid dienone is 1. The van der Waals surface area contributed by atoms with E-state index in [0.717, 1.165) is 0 Å². The van der Waals surface area contributed by atoms with Crippen LogP contribution in [0.25, 0.3) is 0 Å². The highest BCUT2D eigenvalue weighted by Gasteiger charge is 2.28. The molecule has 2 aromatic rings. The van der Waals surface area contributed by atoms with Crippen LogP contribution in [0.15, 0.2) is 73.3 Å². The first kappa shape index (κ1) is 12.9. The van der Waals surface area contributed by atoms with Crippen molar-refractivity contribution in [1.29, 1.82) is 0 Å². The molecule has 0 aliphatic carbocycles. The van der Waals surface area contributed by atoms with Crippen LogP contribution >= 0.6 is 0 Å². The molecule has 0 fully saturated rings. The Labute approximate surface area is 121 Å². The molecule has 0 radical (unpaired) electrons. The molecule has 1 aromatic carbocycles. The third kappa shape index (κ3) is 2.49. The SMILES string of the molecule is C=CC1=COc2cccnc2N1C(=O)Oc1ccccc1.